The normalized spacial score (nSPS) is 24.7. The molecule has 2 unspecified atom stereocenters. The topological polar surface area (TPSA) is 103 Å². The third-order valence-corrected chi connectivity index (χ3v) is 6.16. The lowest BCUT2D eigenvalue weighted by molar-refractivity contribution is -0.198. The van der Waals surface area contributed by atoms with Gasteiger partial charge in [-0.15, -0.1) is 0 Å². The maximum atomic E-state index is 13.1. The number of fused-ring (bicyclic) bond motifs is 1. The highest BCUT2D eigenvalue weighted by atomic mass is 16.8. The molecule has 3 aliphatic rings. The molecule has 1 aromatic carbocycles. The lowest BCUT2D eigenvalue weighted by Crippen LogP contribution is -2.56. The second-order valence-electron chi connectivity index (χ2n) is 10.4. The number of hydrogen-bond acceptors (Lipinski definition) is 7. The van der Waals surface area contributed by atoms with Gasteiger partial charge < -0.3 is 19.1 Å². The monoisotopic (exact) mass is 486 g/mol. The van der Waals surface area contributed by atoms with E-state index in [1.54, 1.807) is 29.2 Å². The fourth-order valence-corrected chi connectivity index (χ4v) is 4.56. The Kier molecular flexibility index (Phi) is 7.47. The van der Waals surface area contributed by atoms with E-state index in [1.165, 1.54) is 6.08 Å². The van der Waals surface area contributed by atoms with E-state index in [-0.39, 0.29) is 12.2 Å². The Morgan fingerprint density at radius 2 is 2.06 bits per heavy atom. The molecule has 9 nitrogen and oxygen atoms in total. The zero-order chi connectivity index (χ0) is 25.1. The summed E-state index contributed by atoms with van der Waals surface area (Å²) in [5.41, 5.74) is 2.20. The number of nitrogens with one attached hydrogen (secondary N) is 1. The Balaban J connectivity index is 1.38. The van der Waals surface area contributed by atoms with Gasteiger partial charge in [0.05, 0.1) is 18.5 Å². The Labute approximate surface area is 205 Å². The highest BCUT2D eigenvalue weighted by Gasteiger charge is 2.45. The summed E-state index contributed by atoms with van der Waals surface area (Å²) in [7, 11) is 0. The van der Waals surface area contributed by atoms with Crippen LogP contribution in [0.5, 0.6) is 5.75 Å². The SMILES string of the molecule is CC(C)(C)OC(=O)N1CCCC2(CC(=O)c3cc(/C=C/C(=O)NOC4CCCCO4)ccc3O2)C1. The van der Waals surface area contributed by atoms with Crippen LogP contribution in [0.4, 0.5) is 4.79 Å². The molecule has 1 spiro atoms. The highest BCUT2D eigenvalue weighted by Crippen LogP contribution is 2.39. The van der Waals surface area contributed by atoms with Crippen LogP contribution in [0, 0.1) is 0 Å². The molecule has 4 rings (SSSR count). The third kappa shape index (κ3) is 6.61. The molecule has 1 N–H and O–H groups in total. The van der Waals surface area contributed by atoms with Gasteiger partial charge >= 0.3 is 6.09 Å². The first-order valence-corrected chi connectivity index (χ1v) is 12.2. The number of Topliss-reactive ketones (excluding diaryl/α,β-unsaturated/α-hetero) is 1. The molecule has 190 valence electrons. The van der Waals surface area contributed by atoms with Crippen molar-refractivity contribution in [1.29, 1.82) is 0 Å². The summed E-state index contributed by atoms with van der Waals surface area (Å²) < 4.78 is 17.2. The van der Waals surface area contributed by atoms with Crippen LogP contribution in [0.1, 0.15) is 75.2 Å². The van der Waals surface area contributed by atoms with Crippen molar-refractivity contribution in [1.82, 2.24) is 10.4 Å². The Morgan fingerprint density at radius 3 is 2.80 bits per heavy atom. The number of carbonyl (C=O) groups is 3. The van der Waals surface area contributed by atoms with E-state index in [4.69, 9.17) is 19.0 Å². The number of benzene rings is 1. The summed E-state index contributed by atoms with van der Waals surface area (Å²) in [6, 6.07) is 5.24. The number of hydroxylamine groups is 1. The minimum Gasteiger partial charge on any atom is -0.484 e. The number of likely N-dealkylation sites (tertiary alicyclic amines) is 1. The van der Waals surface area contributed by atoms with Crippen LogP contribution in [0.25, 0.3) is 6.08 Å². The summed E-state index contributed by atoms with van der Waals surface area (Å²) in [6.07, 6.45) is 6.49. The van der Waals surface area contributed by atoms with Crippen molar-refractivity contribution in [2.75, 3.05) is 19.7 Å². The molecule has 2 amide bonds. The fourth-order valence-electron chi connectivity index (χ4n) is 4.56. The molecule has 35 heavy (non-hydrogen) atoms. The van der Waals surface area contributed by atoms with Gasteiger partial charge in [0.1, 0.15) is 17.0 Å². The molecular weight excluding hydrogens is 452 g/mol. The predicted octanol–water partition coefficient (Wildman–Crippen LogP) is 4.01. The van der Waals surface area contributed by atoms with Crippen molar-refractivity contribution in [2.45, 2.75) is 76.8 Å². The van der Waals surface area contributed by atoms with Crippen LogP contribution >= 0.6 is 0 Å². The number of ketones is 1. The second kappa shape index (κ2) is 10.4. The molecule has 2 saturated heterocycles. The van der Waals surface area contributed by atoms with Crippen molar-refractivity contribution < 1.29 is 33.4 Å². The summed E-state index contributed by atoms with van der Waals surface area (Å²) in [4.78, 5) is 44.6. The van der Waals surface area contributed by atoms with Crippen LogP contribution < -0.4 is 10.2 Å². The molecule has 3 aliphatic heterocycles. The van der Waals surface area contributed by atoms with Gasteiger partial charge in [0.25, 0.3) is 5.91 Å². The van der Waals surface area contributed by atoms with E-state index in [0.29, 0.717) is 43.0 Å². The van der Waals surface area contributed by atoms with Gasteiger partial charge in [0.2, 0.25) is 0 Å². The zero-order valence-corrected chi connectivity index (χ0v) is 20.6. The smallest absolute Gasteiger partial charge is 0.410 e. The van der Waals surface area contributed by atoms with Gasteiger partial charge in [0, 0.05) is 25.6 Å². The van der Waals surface area contributed by atoms with E-state index < -0.39 is 29.5 Å². The molecule has 0 bridgehead atoms. The molecule has 3 heterocycles. The molecule has 0 aliphatic carbocycles. The quantitative estimate of drug-likeness (QED) is 0.507. The molecular formula is C26H34N2O7. The van der Waals surface area contributed by atoms with Crippen LogP contribution in [0.3, 0.4) is 0 Å². The minimum absolute atomic E-state index is 0.0465. The molecule has 9 heteroatoms. The first-order valence-electron chi connectivity index (χ1n) is 12.2. The van der Waals surface area contributed by atoms with Gasteiger partial charge in [-0.3, -0.25) is 9.59 Å². The summed E-state index contributed by atoms with van der Waals surface area (Å²) >= 11 is 0. The number of nitrogens with zero attached hydrogens (tertiary/aromatic N) is 1. The summed E-state index contributed by atoms with van der Waals surface area (Å²) in [5, 5.41) is 0. The Morgan fingerprint density at radius 1 is 1.23 bits per heavy atom. The molecule has 2 fully saturated rings. The highest BCUT2D eigenvalue weighted by molar-refractivity contribution is 6.01. The number of hydrogen-bond donors (Lipinski definition) is 1. The zero-order valence-electron chi connectivity index (χ0n) is 20.6. The van der Waals surface area contributed by atoms with Gasteiger partial charge in [-0.1, -0.05) is 6.07 Å². The standard InChI is InChI=1S/C26H34N2O7/c1-25(2,3)34-24(31)28-13-6-12-26(17-28)16-20(29)19-15-18(8-10-21(19)33-26)9-11-22(30)27-35-23-7-4-5-14-32-23/h8-11,15,23H,4-7,12-14,16-17H2,1-3H3,(H,27,30)/b11-9+. The molecule has 0 saturated carbocycles. The average molecular weight is 487 g/mol. The lowest BCUT2D eigenvalue weighted by Gasteiger charge is -2.44. The number of piperidine rings is 1. The number of carbonyl (C=O) groups excluding carboxylic acids is 3. The van der Waals surface area contributed by atoms with Crippen molar-refractivity contribution in [3.05, 3.63) is 35.4 Å². The van der Waals surface area contributed by atoms with E-state index in [1.807, 2.05) is 20.8 Å². The summed E-state index contributed by atoms with van der Waals surface area (Å²) in [5.74, 6) is 0.0318. The van der Waals surface area contributed by atoms with Crippen LogP contribution in [0.2, 0.25) is 0 Å². The number of ether oxygens (including phenoxy) is 3. The first-order chi connectivity index (χ1) is 16.6. The maximum absolute atomic E-state index is 13.1. The maximum Gasteiger partial charge on any atom is 0.410 e. The molecule has 0 aromatic heterocycles. The molecule has 2 atom stereocenters. The third-order valence-electron chi connectivity index (χ3n) is 6.16. The number of rotatable bonds is 4. The van der Waals surface area contributed by atoms with Crippen LogP contribution in [0.15, 0.2) is 24.3 Å². The molecule has 0 radical (unpaired) electrons. The van der Waals surface area contributed by atoms with Crippen molar-refractivity contribution >= 4 is 23.9 Å². The van der Waals surface area contributed by atoms with Crippen molar-refractivity contribution in [3.63, 3.8) is 0 Å². The predicted molar refractivity (Wildman–Crippen MR) is 128 cm³/mol. The van der Waals surface area contributed by atoms with E-state index >= 15 is 0 Å². The van der Waals surface area contributed by atoms with Gasteiger partial charge in [-0.05, 0) is 70.2 Å². The largest absolute Gasteiger partial charge is 0.484 e. The first kappa shape index (κ1) is 25.2. The fraction of sp³-hybridized carbons (Fsp3) is 0.577. The Hall–Kier alpha value is -2.91. The minimum atomic E-state index is -0.755. The van der Waals surface area contributed by atoms with E-state index in [0.717, 1.165) is 25.7 Å². The number of amides is 2. The lowest BCUT2D eigenvalue weighted by atomic mass is 9.83. The second-order valence-corrected chi connectivity index (χ2v) is 10.4. The van der Waals surface area contributed by atoms with Gasteiger partial charge in [-0.25, -0.2) is 15.1 Å². The summed E-state index contributed by atoms with van der Waals surface area (Å²) in [6.45, 7) is 6.99. The van der Waals surface area contributed by atoms with E-state index in [9.17, 15) is 14.4 Å². The van der Waals surface area contributed by atoms with Gasteiger partial charge in [0.15, 0.2) is 12.1 Å². The molecule has 1 aromatic rings. The van der Waals surface area contributed by atoms with E-state index in [2.05, 4.69) is 5.48 Å². The van der Waals surface area contributed by atoms with Crippen LogP contribution in [-0.4, -0.2) is 59.9 Å². The van der Waals surface area contributed by atoms with Gasteiger partial charge in [-0.2, -0.15) is 0 Å². The van der Waals surface area contributed by atoms with Crippen molar-refractivity contribution in [2.24, 2.45) is 0 Å². The van der Waals surface area contributed by atoms with Crippen LogP contribution in [-0.2, 0) is 19.1 Å². The Bertz CT molecular complexity index is 994. The van der Waals surface area contributed by atoms with Crippen molar-refractivity contribution in [3.8, 4) is 5.75 Å². The average Bonchev–Trinajstić information content (AvgIpc) is 2.81.